The molecule has 0 aliphatic heterocycles. The van der Waals surface area contributed by atoms with E-state index >= 15 is 0 Å². The molecule has 1 aromatic carbocycles. The van der Waals surface area contributed by atoms with Crippen molar-refractivity contribution < 1.29 is 103 Å². The fraction of sp³-hybridized carbons (Fsp3) is 0. The summed E-state index contributed by atoms with van der Waals surface area (Å²) in [4.78, 5) is 0. The van der Waals surface area contributed by atoms with Crippen LogP contribution in [0.1, 0.15) is 0 Å². The summed E-state index contributed by atoms with van der Waals surface area (Å²) in [6, 6.07) is 12.5. The maximum Gasteiger partial charge on any atom is 1.00 e. The summed E-state index contributed by atoms with van der Waals surface area (Å²) in [6.45, 7) is 0. The van der Waals surface area contributed by atoms with Gasteiger partial charge in [0.05, 0.1) is 0 Å². The van der Waals surface area contributed by atoms with Gasteiger partial charge in [0, 0.05) is 0 Å². The Balaban J connectivity index is -0.0000000973. The maximum atomic E-state index is 9.75. The van der Waals surface area contributed by atoms with E-state index in [9.17, 15) is 51.8 Å². The third-order valence-electron chi connectivity index (χ3n) is 0.607. The van der Waals surface area contributed by atoms with Crippen molar-refractivity contribution >= 4 is 21.8 Å². The average Bonchev–Trinajstić information content (AvgIpc) is 2.12. The molecule has 0 aliphatic carbocycles. The molecule has 0 spiro atoms. The van der Waals surface area contributed by atoms with Crippen molar-refractivity contribution in [3.8, 4) is 0 Å². The SMILES string of the molecule is F[B-](F)(F)F.F[B-](F)(F)F.F[B-](F)(F)F.[K+].[c-]1ccccc1. The molecule has 0 unspecified atom stereocenters. The zero-order chi connectivity index (χ0) is 17.7. The zero-order valence-corrected chi connectivity index (χ0v) is 13.8. The van der Waals surface area contributed by atoms with Gasteiger partial charge in [-0.25, -0.2) is 0 Å². The summed E-state index contributed by atoms with van der Waals surface area (Å²) in [7, 11) is -18.0. The number of halogens is 12. The molecule has 0 atom stereocenters. The molecule has 0 saturated carbocycles. The average molecular weight is 377 g/mol. The summed E-state index contributed by atoms with van der Waals surface area (Å²) < 4.78 is 117. The van der Waals surface area contributed by atoms with E-state index in [0.717, 1.165) is 0 Å². The summed E-state index contributed by atoms with van der Waals surface area (Å²) in [5.74, 6) is 0. The Morgan fingerprint density at radius 3 is 0.682 bits per heavy atom. The molecule has 0 bridgehead atoms. The summed E-state index contributed by atoms with van der Waals surface area (Å²) >= 11 is 0. The van der Waals surface area contributed by atoms with E-state index < -0.39 is 21.8 Å². The van der Waals surface area contributed by atoms with Gasteiger partial charge in [0.2, 0.25) is 0 Å². The minimum Gasteiger partial charge on any atom is -0.418 e. The first-order valence-corrected chi connectivity index (χ1v) is 4.53. The largest absolute Gasteiger partial charge is 1.00 e. The van der Waals surface area contributed by atoms with E-state index in [4.69, 9.17) is 0 Å². The first-order chi connectivity index (χ1) is 9.00. The van der Waals surface area contributed by atoms with E-state index in [2.05, 4.69) is 6.07 Å². The third-order valence-corrected chi connectivity index (χ3v) is 0.607. The van der Waals surface area contributed by atoms with Crippen molar-refractivity contribution in [3.63, 3.8) is 0 Å². The molecule has 0 amide bonds. The first-order valence-electron chi connectivity index (χ1n) is 4.53. The fourth-order valence-corrected chi connectivity index (χ4v) is 0.342. The van der Waals surface area contributed by atoms with Gasteiger partial charge < -0.3 is 51.8 Å². The molecule has 1 rings (SSSR count). The Morgan fingerprint density at radius 2 is 0.636 bits per heavy atom. The van der Waals surface area contributed by atoms with Crippen LogP contribution in [0.4, 0.5) is 51.8 Å². The molecule has 0 aliphatic rings. The fourth-order valence-electron chi connectivity index (χ4n) is 0.342. The molecular formula is C6H5B3F12K-3. The molecule has 0 nitrogen and oxygen atoms in total. The van der Waals surface area contributed by atoms with Crippen LogP contribution in [0.2, 0.25) is 0 Å². The van der Waals surface area contributed by atoms with E-state index in [0.29, 0.717) is 0 Å². The van der Waals surface area contributed by atoms with E-state index in [-0.39, 0.29) is 51.4 Å². The topological polar surface area (TPSA) is 0 Å². The number of hydrogen-bond acceptors (Lipinski definition) is 0. The number of rotatable bonds is 0. The van der Waals surface area contributed by atoms with Gasteiger partial charge >= 0.3 is 73.1 Å². The van der Waals surface area contributed by atoms with E-state index in [1.54, 1.807) is 0 Å². The molecule has 0 aromatic heterocycles. The van der Waals surface area contributed by atoms with E-state index in [1.165, 1.54) is 0 Å². The predicted molar refractivity (Wildman–Crippen MR) is 55.8 cm³/mol. The smallest absolute Gasteiger partial charge is 0.418 e. The van der Waals surface area contributed by atoms with Crippen LogP contribution >= 0.6 is 0 Å². The third kappa shape index (κ3) is 193. The van der Waals surface area contributed by atoms with Gasteiger partial charge in [-0.15, -0.1) is 0 Å². The minimum atomic E-state index is -6.00. The summed E-state index contributed by atoms with van der Waals surface area (Å²) in [5.41, 5.74) is 0. The Bertz CT molecular complexity index is 249. The molecule has 1 aromatic rings. The van der Waals surface area contributed by atoms with Gasteiger partial charge in [0.1, 0.15) is 0 Å². The normalized spacial score (nSPS) is 10.4. The molecule has 0 fully saturated rings. The van der Waals surface area contributed by atoms with Crippen LogP contribution in [0.3, 0.4) is 0 Å². The van der Waals surface area contributed by atoms with Gasteiger partial charge in [-0.05, 0) is 0 Å². The van der Waals surface area contributed by atoms with Crippen LogP contribution in [0.15, 0.2) is 30.3 Å². The van der Waals surface area contributed by atoms with Gasteiger partial charge in [0.15, 0.2) is 0 Å². The van der Waals surface area contributed by atoms with Crippen molar-refractivity contribution in [2.75, 3.05) is 0 Å². The van der Waals surface area contributed by atoms with Crippen molar-refractivity contribution in [1.29, 1.82) is 0 Å². The number of benzene rings is 1. The second kappa shape index (κ2) is 14.8. The van der Waals surface area contributed by atoms with Gasteiger partial charge in [0.25, 0.3) is 0 Å². The molecule has 0 radical (unpaired) electrons. The Kier molecular flexibility index (Phi) is 20.2. The maximum absolute atomic E-state index is 9.75. The predicted octanol–water partition coefficient (Wildman–Crippen LogP) is 2.39. The summed E-state index contributed by atoms with van der Waals surface area (Å²) in [5, 5.41) is 0. The van der Waals surface area contributed by atoms with Crippen LogP contribution in [0, 0.1) is 6.07 Å². The second-order valence-electron chi connectivity index (χ2n) is 2.56. The molecule has 0 saturated heterocycles. The van der Waals surface area contributed by atoms with Crippen molar-refractivity contribution in [3.05, 3.63) is 36.4 Å². The van der Waals surface area contributed by atoms with Crippen molar-refractivity contribution in [2.45, 2.75) is 0 Å². The van der Waals surface area contributed by atoms with Crippen LogP contribution in [0.25, 0.3) is 0 Å². The molecule has 0 N–H and O–H groups in total. The molecule has 22 heavy (non-hydrogen) atoms. The molecule has 16 heteroatoms. The zero-order valence-electron chi connectivity index (χ0n) is 10.7. The quantitative estimate of drug-likeness (QED) is 0.371. The van der Waals surface area contributed by atoms with Crippen LogP contribution in [-0.4, -0.2) is 21.8 Å². The second-order valence-corrected chi connectivity index (χ2v) is 2.56. The molecular weight excluding hydrogens is 372 g/mol. The molecule has 126 valence electrons. The minimum absolute atomic E-state index is 0. The Labute approximate surface area is 160 Å². The first kappa shape index (κ1) is 30.1. The monoisotopic (exact) mass is 377 g/mol. The standard InChI is InChI=1S/C6H5.3BF4.K/c1-2-4-6-5-3-1;3*2-1(3,4)5;/h1-5H;;;;/q4*-1;+1. The van der Waals surface area contributed by atoms with Crippen LogP contribution in [-0.2, 0) is 0 Å². The van der Waals surface area contributed by atoms with Crippen LogP contribution < -0.4 is 51.4 Å². The van der Waals surface area contributed by atoms with Crippen molar-refractivity contribution in [1.82, 2.24) is 0 Å². The van der Waals surface area contributed by atoms with E-state index in [1.807, 2.05) is 30.3 Å². The Hall–Kier alpha value is 0.211. The Morgan fingerprint density at radius 1 is 0.455 bits per heavy atom. The van der Waals surface area contributed by atoms with Gasteiger partial charge in [-0.3, -0.25) is 0 Å². The van der Waals surface area contributed by atoms with Crippen LogP contribution in [0.5, 0.6) is 0 Å². The van der Waals surface area contributed by atoms with Crippen molar-refractivity contribution in [2.24, 2.45) is 0 Å². The van der Waals surface area contributed by atoms with Gasteiger partial charge in [-0.1, -0.05) is 0 Å². The van der Waals surface area contributed by atoms with Gasteiger partial charge in [-0.2, -0.15) is 36.4 Å². The molecule has 0 heterocycles. The summed E-state index contributed by atoms with van der Waals surface area (Å²) in [6.07, 6.45) is 0. The number of hydrogen-bond donors (Lipinski definition) is 0.